The van der Waals surface area contributed by atoms with E-state index in [1.807, 2.05) is 23.1 Å². The number of rotatable bonds is 5. The van der Waals surface area contributed by atoms with Gasteiger partial charge in [0.15, 0.2) is 0 Å². The van der Waals surface area contributed by atoms with Crippen LogP contribution in [0.15, 0.2) is 30.3 Å². The van der Waals surface area contributed by atoms with Gasteiger partial charge in [-0.05, 0) is 32.3 Å². The van der Waals surface area contributed by atoms with Crippen LogP contribution in [-0.2, 0) is 14.3 Å². The van der Waals surface area contributed by atoms with Gasteiger partial charge in [0.1, 0.15) is 6.10 Å². The lowest BCUT2D eigenvalue weighted by molar-refractivity contribution is -0.152. The van der Waals surface area contributed by atoms with Crippen molar-refractivity contribution in [3.05, 3.63) is 35.9 Å². The van der Waals surface area contributed by atoms with Crippen molar-refractivity contribution in [1.82, 2.24) is 10.2 Å². The average Bonchev–Trinajstić information content (AvgIpc) is 3.09. The Morgan fingerprint density at radius 1 is 1.25 bits per heavy atom. The quantitative estimate of drug-likeness (QED) is 0.897. The zero-order chi connectivity index (χ0) is 16.9. The number of hydrogen-bond acceptors (Lipinski definition) is 4. The van der Waals surface area contributed by atoms with Crippen molar-refractivity contribution in [2.24, 2.45) is 0 Å². The van der Waals surface area contributed by atoms with Crippen LogP contribution >= 0.6 is 0 Å². The van der Waals surface area contributed by atoms with E-state index < -0.39 is 0 Å². The van der Waals surface area contributed by atoms with Gasteiger partial charge in [0.05, 0.1) is 31.3 Å². The molecule has 24 heavy (non-hydrogen) atoms. The molecule has 2 aliphatic heterocycles. The van der Waals surface area contributed by atoms with Crippen LogP contribution in [0.5, 0.6) is 0 Å². The molecule has 0 radical (unpaired) electrons. The van der Waals surface area contributed by atoms with Crippen molar-refractivity contribution >= 4 is 5.91 Å². The van der Waals surface area contributed by atoms with Gasteiger partial charge in [-0.2, -0.15) is 0 Å². The largest absolute Gasteiger partial charge is 0.377 e. The third-order valence-corrected chi connectivity index (χ3v) is 4.96. The van der Waals surface area contributed by atoms with Gasteiger partial charge in [-0.15, -0.1) is 0 Å². The summed E-state index contributed by atoms with van der Waals surface area (Å²) in [5.41, 5.74) is 1.13. The van der Waals surface area contributed by atoms with Gasteiger partial charge < -0.3 is 19.7 Å². The zero-order valence-corrected chi connectivity index (χ0v) is 14.6. The second kappa shape index (κ2) is 8.10. The summed E-state index contributed by atoms with van der Waals surface area (Å²) < 4.78 is 11.6. The Morgan fingerprint density at radius 2 is 2.04 bits per heavy atom. The van der Waals surface area contributed by atoms with Gasteiger partial charge in [-0.3, -0.25) is 4.79 Å². The van der Waals surface area contributed by atoms with Crippen LogP contribution in [0.1, 0.15) is 38.4 Å². The molecule has 5 heteroatoms. The lowest BCUT2D eigenvalue weighted by Gasteiger charge is -2.44. The van der Waals surface area contributed by atoms with E-state index in [0.717, 1.165) is 31.6 Å². The predicted octanol–water partition coefficient (Wildman–Crippen LogP) is 2.13. The number of benzene rings is 1. The Labute approximate surface area is 144 Å². The molecular weight excluding hydrogens is 304 g/mol. The SMILES string of the molecule is C[C@@H]1CO[C@H](c2ccccc2)[C@@H](C)N1C(=O)CNC[C@H]1CCCO1. The van der Waals surface area contributed by atoms with E-state index >= 15 is 0 Å². The lowest BCUT2D eigenvalue weighted by atomic mass is 9.98. The molecule has 0 aliphatic carbocycles. The van der Waals surface area contributed by atoms with E-state index in [9.17, 15) is 4.79 Å². The summed E-state index contributed by atoms with van der Waals surface area (Å²) in [4.78, 5) is 14.7. The van der Waals surface area contributed by atoms with Crippen molar-refractivity contribution in [3.63, 3.8) is 0 Å². The maximum atomic E-state index is 12.7. The van der Waals surface area contributed by atoms with E-state index in [2.05, 4.69) is 31.3 Å². The van der Waals surface area contributed by atoms with Gasteiger partial charge in [0, 0.05) is 13.2 Å². The summed E-state index contributed by atoms with van der Waals surface area (Å²) in [5.74, 6) is 0.136. The summed E-state index contributed by atoms with van der Waals surface area (Å²) in [7, 11) is 0. The first kappa shape index (κ1) is 17.4. The molecule has 1 N–H and O–H groups in total. The molecule has 2 fully saturated rings. The Morgan fingerprint density at radius 3 is 2.75 bits per heavy atom. The summed E-state index contributed by atoms with van der Waals surface area (Å²) in [5, 5.41) is 3.26. The fraction of sp³-hybridized carbons (Fsp3) is 0.632. The molecule has 4 atom stereocenters. The van der Waals surface area contributed by atoms with Crippen LogP contribution < -0.4 is 5.32 Å². The molecule has 0 bridgehead atoms. The number of nitrogens with zero attached hydrogens (tertiary/aromatic N) is 1. The molecule has 0 aromatic heterocycles. The number of ether oxygens (including phenoxy) is 2. The molecule has 1 aromatic rings. The summed E-state index contributed by atoms with van der Waals surface area (Å²) in [6, 6.07) is 10.3. The van der Waals surface area contributed by atoms with Crippen LogP contribution in [0.3, 0.4) is 0 Å². The number of nitrogens with one attached hydrogen (secondary N) is 1. The van der Waals surface area contributed by atoms with E-state index in [-0.39, 0.29) is 30.2 Å². The number of carbonyl (C=O) groups is 1. The minimum absolute atomic E-state index is 0.0215. The van der Waals surface area contributed by atoms with Gasteiger partial charge in [0.25, 0.3) is 0 Å². The van der Waals surface area contributed by atoms with Gasteiger partial charge >= 0.3 is 0 Å². The highest BCUT2D eigenvalue weighted by Gasteiger charge is 2.36. The minimum atomic E-state index is -0.0653. The molecule has 1 aromatic carbocycles. The Hall–Kier alpha value is -1.43. The number of hydrogen-bond donors (Lipinski definition) is 1. The lowest BCUT2D eigenvalue weighted by Crippen LogP contribution is -2.55. The molecule has 0 saturated carbocycles. The third-order valence-electron chi connectivity index (χ3n) is 4.96. The number of amides is 1. The normalized spacial score (nSPS) is 30.5. The van der Waals surface area contributed by atoms with Crippen LogP contribution in [0, 0.1) is 0 Å². The van der Waals surface area contributed by atoms with Crippen LogP contribution in [0.2, 0.25) is 0 Å². The van der Waals surface area contributed by atoms with Crippen LogP contribution in [-0.4, -0.2) is 55.3 Å². The Balaban J connectivity index is 1.58. The molecular formula is C19H28N2O3. The summed E-state index contributed by atoms with van der Waals surface area (Å²) in [6.07, 6.45) is 2.40. The van der Waals surface area contributed by atoms with Crippen molar-refractivity contribution in [3.8, 4) is 0 Å². The average molecular weight is 332 g/mol. The van der Waals surface area contributed by atoms with Gasteiger partial charge in [0.2, 0.25) is 5.91 Å². The van der Waals surface area contributed by atoms with E-state index in [4.69, 9.17) is 9.47 Å². The first-order chi connectivity index (χ1) is 11.7. The minimum Gasteiger partial charge on any atom is -0.377 e. The van der Waals surface area contributed by atoms with Crippen LogP contribution in [0.4, 0.5) is 0 Å². The second-order valence-corrected chi connectivity index (χ2v) is 6.82. The predicted molar refractivity (Wildman–Crippen MR) is 92.7 cm³/mol. The Bertz CT molecular complexity index is 531. The molecule has 2 heterocycles. The zero-order valence-electron chi connectivity index (χ0n) is 14.6. The molecule has 1 amide bonds. The molecule has 2 aliphatic rings. The number of carbonyl (C=O) groups excluding carboxylic acids is 1. The first-order valence-electron chi connectivity index (χ1n) is 8.97. The van der Waals surface area contributed by atoms with E-state index in [1.54, 1.807) is 0 Å². The number of morpholine rings is 1. The van der Waals surface area contributed by atoms with E-state index in [0.29, 0.717) is 13.2 Å². The fourth-order valence-electron chi connectivity index (χ4n) is 3.74. The van der Waals surface area contributed by atoms with Gasteiger partial charge in [-0.25, -0.2) is 0 Å². The monoisotopic (exact) mass is 332 g/mol. The molecule has 2 saturated heterocycles. The molecule has 132 valence electrons. The highest BCUT2D eigenvalue weighted by molar-refractivity contribution is 5.79. The maximum Gasteiger partial charge on any atom is 0.237 e. The Kier molecular flexibility index (Phi) is 5.87. The molecule has 0 spiro atoms. The van der Waals surface area contributed by atoms with Crippen molar-refractivity contribution in [2.45, 2.75) is 51.0 Å². The van der Waals surface area contributed by atoms with Crippen LogP contribution in [0.25, 0.3) is 0 Å². The summed E-state index contributed by atoms with van der Waals surface area (Å²) >= 11 is 0. The second-order valence-electron chi connectivity index (χ2n) is 6.82. The van der Waals surface area contributed by atoms with Crippen molar-refractivity contribution < 1.29 is 14.3 Å². The topological polar surface area (TPSA) is 50.8 Å². The van der Waals surface area contributed by atoms with Crippen molar-refractivity contribution in [2.75, 3.05) is 26.3 Å². The fourth-order valence-corrected chi connectivity index (χ4v) is 3.74. The van der Waals surface area contributed by atoms with E-state index in [1.165, 1.54) is 0 Å². The highest BCUT2D eigenvalue weighted by atomic mass is 16.5. The molecule has 5 nitrogen and oxygen atoms in total. The smallest absolute Gasteiger partial charge is 0.237 e. The standard InChI is InChI=1S/C19H28N2O3/c1-14-13-24-19(16-7-4-3-5-8-16)15(2)21(14)18(22)12-20-11-17-9-6-10-23-17/h3-5,7-8,14-15,17,19-20H,6,9-13H2,1-2H3/t14-,15-,17-,19+/m1/s1. The third kappa shape index (κ3) is 3.97. The van der Waals surface area contributed by atoms with Crippen molar-refractivity contribution in [1.29, 1.82) is 0 Å². The first-order valence-corrected chi connectivity index (χ1v) is 8.97. The highest BCUT2D eigenvalue weighted by Crippen LogP contribution is 2.30. The van der Waals surface area contributed by atoms with Gasteiger partial charge in [-0.1, -0.05) is 30.3 Å². The molecule has 0 unspecified atom stereocenters. The summed E-state index contributed by atoms with van der Waals surface area (Å²) in [6.45, 7) is 6.65. The molecule has 3 rings (SSSR count). The maximum absolute atomic E-state index is 12.7.